The van der Waals surface area contributed by atoms with E-state index in [1.54, 1.807) is 7.11 Å². The SMILES string of the molecule is COc1ccc(-c2ccc3nc(CCN4CCCC4C)ccc3c2)cn1. The van der Waals surface area contributed by atoms with E-state index in [9.17, 15) is 0 Å². The van der Waals surface area contributed by atoms with Gasteiger partial charge in [0.05, 0.1) is 12.6 Å². The van der Waals surface area contributed by atoms with E-state index in [4.69, 9.17) is 9.72 Å². The number of rotatable bonds is 5. The van der Waals surface area contributed by atoms with Crippen LogP contribution < -0.4 is 4.74 Å². The molecule has 1 aliphatic rings. The van der Waals surface area contributed by atoms with Crippen LogP contribution in [0, 0.1) is 0 Å². The quantitative estimate of drug-likeness (QED) is 0.688. The third kappa shape index (κ3) is 3.56. The van der Waals surface area contributed by atoms with E-state index in [0.717, 1.165) is 41.0 Å². The summed E-state index contributed by atoms with van der Waals surface area (Å²) < 4.78 is 5.13. The number of hydrogen-bond acceptors (Lipinski definition) is 4. The summed E-state index contributed by atoms with van der Waals surface area (Å²) in [6.07, 6.45) is 5.52. The molecule has 0 aliphatic carbocycles. The van der Waals surface area contributed by atoms with Crippen molar-refractivity contribution in [1.29, 1.82) is 0 Å². The van der Waals surface area contributed by atoms with Crippen LogP contribution >= 0.6 is 0 Å². The van der Waals surface area contributed by atoms with E-state index >= 15 is 0 Å². The fourth-order valence-corrected chi connectivity index (χ4v) is 3.74. The van der Waals surface area contributed by atoms with Gasteiger partial charge in [0.1, 0.15) is 0 Å². The molecule has 1 atom stereocenters. The molecule has 2 aromatic heterocycles. The lowest BCUT2D eigenvalue weighted by atomic mass is 10.0. The summed E-state index contributed by atoms with van der Waals surface area (Å²) in [6, 6.07) is 15.4. The van der Waals surface area contributed by atoms with Crippen molar-refractivity contribution in [3.63, 3.8) is 0 Å². The van der Waals surface area contributed by atoms with E-state index < -0.39 is 0 Å². The molecule has 3 aromatic rings. The van der Waals surface area contributed by atoms with Gasteiger partial charge in [-0.3, -0.25) is 4.98 Å². The molecule has 26 heavy (non-hydrogen) atoms. The number of fused-ring (bicyclic) bond motifs is 1. The molecule has 0 spiro atoms. The molecule has 0 bridgehead atoms. The molecule has 4 rings (SSSR count). The molecule has 1 unspecified atom stereocenters. The van der Waals surface area contributed by atoms with Crippen LogP contribution in [0.5, 0.6) is 5.88 Å². The van der Waals surface area contributed by atoms with Crippen LogP contribution in [-0.4, -0.2) is 41.1 Å². The molecule has 1 aliphatic heterocycles. The standard InChI is InChI=1S/C22H25N3O/c1-16-4-3-12-25(16)13-11-20-8-5-18-14-17(6-9-21(18)24-20)19-7-10-22(26-2)23-15-19/h5-10,14-16H,3-4,11-13H2,1-2H3. The average molecular weight is 347 g/mol. The van der Waals surface area contributed by atoms with Gasteiger partial charge in [-0.05, 0) is 56.1 Å². The minimum absolute atomic E-state index is 0.633. The molecule has 0 N–H and O–H groups in total. The minimum Gasteiger partial charge on any atom is -0.481 e. The van der Waals surface area contributed by atoms with Gasteiger partial charge in [0.25, 0.3) is 0 Å². The molecule has 4 heteroatoms. The van der Waals surface area contributed by atoms with Crippen LogP contribution in [0.15, 0.2) is 48.7 Å². The van der Waals surface area contributed by atoms with Crippen molar-refractivity contribution >= 4 is 10.9 Å². The largest absolute Gasteiger partial charge is 0.481 e. The van der Waals surface area contributed by atoms with Crippen molar-refractivity contribution in [3.8, 4) is 17.0 Å². The molecule has 1 aromatic carbocycles. The minimum atomic E-state index is 0.633. The summed E-state index contributed by atoms with van der Waals surface area (Å²) >= 11 is 0. The Hall–Kier alpha value is -2.46. The topological polar surface area (TPSA) is 38.2 Å². The maximum absolute atomic E-state index is 5.13. The van der Waals surface area contributed by atoms with Crippen LogP contribution in [0.1, 0.15) is 25.5 Å². The third-order valence-corrected chi connectivity index (χ3v) is 5.37. The number of nitrogens with zero attached hydrogens (tertiary/aromatic N) is 3. The van der Waals surface area contributed by atoms with E-state index in [-0.39, 0.29) is 0 Å². The van der Waals surface area contributed by atoms with Gasteiger partial charge in [-0.15, -0.1) is 0 Å². The summed E-state index contributed by atoms with van der Waals surface area (Å²) in [7, 11) is 1.63. The maximum atomic E-state index is 5.13. The Morgan fingerprint density at radius 3 is 2.73 bits per heavy atom. The number of likely N-dealkylation sites (tertiary alicyclic amines) is 1. The first kappa shape index (κ1) is 17.0. The Balaban J connectivity index is 1.52. The summed E-state index contributed by atoms with van der Waals surface area (Å²) in [5, 5.41) is 1.16. The van der Waals surface area contributed by atoms with Crippen LogP contribution in [0.2, 0.25) is 0 Å². The Morgan fingerprint density at radius 1 is 1.12 bits per heavy atom. The second kappa shape index (κ2) is 7.42. The van der Waals surface area contributed by atoms with Gasteiger partial charge < -0.3 is 9.64 Å². The summed E-state index contributed by atoms with van der Waals surface area (Å²) in [4.78, 5) is 11.7. The average Bonchev–Trinajstić information content (AvgIpc) is 3.10. The maximum Gasteiger partial charge on any atom is 0.212 e. The number of pyridine rings is 2. The van der Waals surface area contributed by atoms with Gasteiger partial charge in [-0.2, -0.15) is 0 Å². The Labute approximate surface area is 154 Å². The molecule has 1 fully saturated rings. The van der Waals surface area contributed by atoms with Crippen LogP contribution in [-0.2, 0) is 6.42 Å². The molecule has 4 nitrogen and oxygen atoms in total. The highest BCUT2D eigenvalue weighted by Crippen LogP contribution is 2.25. The predicted molar refractivity (Wildman–Crippen MR) is 105 cm³/mol. The monoisotopic (exact) mass is 347 g/mol. The molecule has 0 radical (unpaired) electrons. The van der Waals surface area contributed by atoms with Gasteiger partial charge in [0.2, 0.25) is 5.88 Å². The molecular formula is C22H25N3O. The van der Waals surface area contributed by atoms with E-state index in [1.807, 2.05) is 18.3 Å². The Morgan fingerprint density at radius 2 is 2.00 bits per heavy atom. The van der Waals surface area contributed by atoms with Crippen LogP contribution in [0.3, 0.4) is 0 Å². The highest BCUT2D eigenvalue weighted by atomic mass is 16.5. The second-order valence-corrected chi connectivity index (χ2v) is 7.08. The highest BCUT2D eigenvalue weighted by Gasteiger charge is 2.19. The second-order valence-electron chi connectivity index (χ2n) is 7.08. The lowest BCUT2D eigenvalue weighted by molar-refractivity contribution is 0.271. The van der Waals surface area contributed by atoms with Crippen molar-refractivity contribution in [2.75, 3.05) is 20.2 Å². The van der Waals surface area contributed by atoms with Gasteiger partial charge in [0.15, 0.2) is 0 Å². The number of aromatic nitrogens is 2. The molecule has 134 valence electrons. The van der Waals surface area contributed by atoms with Crippen molar-refractivity contribution in [2.45, 2.75) is 32.2 Å². The van der Waals surface area contributed by atoms with Gasteiger partial charge in [-0.25, -0.2) is 4.98 Å². The lowest BCUT2D eigenvalue weighted by Gasteiger charge is -2.20. The lowest BCUT2D eigenvalue weighted by Crippen LogP contribution is -2.29. The van der Waals surface area contributed by atoms with E-state index in [1.165, 1.54) is 25.1 Å². The van der Waals surface area contributed by atoms with Crippen molar-refractivity contribution in [2.24, 2.45) is 0 Å². The van der Waals surface area contributed by atoms with Crippen molar-refractivity contribution in [1.82, 2.24) is 14.9 Å². The van der Waals surface area contributed by atoms with E-state index in [2.05, 4.69) is 47.1 Å². The first-order chi connectivity index (χ1) is 12.7. The number of hydrogen-bond donors (Lipinski definition) is 0. The number of ether oxygens (including phenoxy) is 1. The summed E-state index contributed by atoms with van der Waals surface area (Å²) in [5.74, 6) is 0.633. The smallest absolute Gasteiger partial charge is 0.212 e. The normalized spacial score (nSPS) is 17.7. The van der Waals surface area contributed by atoms with Crippen LogP contribution in [0.4, 0.5) is 0 Å². The summed E-state index contributed by atoms with van der Waals surface area (Å²) in [6.45, 7) is 4.67. The first-order valence-electron chi connectivity index (χ1n) is 9.37. The third-order valence-electron chi connectivity index (χ3n) is 5.37. The van der Waals surface area contributed by atoms with Gasteiger partial charge >= 0.3 is 0 Å². The Bertz CT molecular complexity index is 892. The predicted octanol–water partition coefficient (Wildman–Crippen LogP) is 4.33. The summed E-state index contributed by atoms with van der Waals surface area (Å²) in [5.41, 5.74) is 4.46. The molecule has 3 heterocycles. The van der Waals surface area contributed by atoms with Gasteiger partial charge in [-0.1, -0.05) is 12.1 Å². The van der Waals surface area contributed by atoms with Crippen molar-refractivity contribution < 1.29 is 4.74 Å². The van der Waals surface area contributed by atoms with Gasteiger partial charge in [0, 0.05) is 47.9 Å². The molecule has 1 saturated heterocycles. The zero-order valence-electron chi connectivity index (χ0n) is 15.5. The number of benzene rings is 1. The molecule has 0 saturated carbocycles. The molecular weight excluding hydrogens is 322 g/mol. The fraction of sp³-hybridized carbons (Fsp3) is 0.364. The van der Waals surface area contributed by atoms with Crippen molar-refractivity contribution in [3.05, 3.63) is 54.4 Å². The highest BCUT2D eigenvalue weighted by molar-refractivity contribution is 5.84. The molecule has 0 amide bonds. The first-order valence-corrected chi connectivity index (χ1v) is 9.37. The number of methoxy groups -OCH3 is 1. The van der Waals surface area contributed by atoms with Crippen LogP contribution in [0.25, 0.3) is 22.0 Å². The van der Waals surface area contributed by atoms with E-state index in [0.29, 0.717) is 5.88 Å². The Kier molecular flexibility index (Phi) is 4.85. The zero-order valence-corrected chi connectivity index (χ0v) is 15.5. The fourth-order valence-electron chi connectivity index (χ4n) is 3.74. The zero-order chi connectivity index (χ0) is 17.9.